The highest BCUT2D eigenvalue weighted by molar-refractivity contribution is 7.98. The highest BCUT2D eigenvalue weighted by Gasteiger charge is 2.36. The standard InChI is InChI=1S/C40H44FN5O5S/c1-39(2,3)51-38(48)46-21-12-20-40(4,25-46)45-37(47)49-22-11-18-28-16-9-15-27-17-10-19-29(31(27)28)33-32(41)34-30(23-42-33)35(44-36(43-34)52-5)50-24-26-13-7-6-8-14-26/h6-10,13-17,19,23H,11-12,18,20-22,24-25H2,1-5H3,(H,45,47)/t40-/m1/s1. The number of nitrogens with one attached hydrogen (secondary N) is 1. The van der Waals surface area contributed by atoms with Crippen LogP contribution in [-0.2, 0) is 22.5 Å². The van der Waals surface area contributed by atoms with Crippen molar-refractivity contribution in [2.75, 3.05) is 26.0 Å². The summed E-state index contributed by atoms with van der Waals surface area (Å²) in [6, 6.07) is 21.4. The predicted octanol–water partition coefficient (Wildman–Crippen LogP) is 8.73. The number of aryl methyl sites for hydroxylation is 1. The van der Waals surface area contributed by atoms with Crippen molar-refractivity contribution in [3.05, 3.63) is 89.9 Å². The summed E-state index contributed by atoms with van der Waals surface area (Å²) in [5, 5.41) is 5.57. The molecule has 0 radical (unpaired) electrons. The van der Waals surface area contributed by atoms with Gasteiger partial charge in [-0.3, -0.25) is 4.98 Å². The minimum absolute atomic E-state index is 0.141. The van der Waals surface area contributed by atoms with Crippen LogP contribution in [0.5, 0.6) is 5.88 Å². The molecule has 3 heterocycles. The number of hydrogen-bond acceptors (Lipinski definition) is 9. The lowest BCUT2D eigenvalue weighted by molar-refractivity contribution is 0.0119. The van der Waals surface area contributed by atoms with Gasteiger partial charge in [0, 0.05) is 24.8 Å². The Morgan fingerprint density at radius 2 is 1.81 bits per heavy atom. The molecule has 272 valence electrons. The third-order valence-corrected chi connectivity index (χ3v) is 9.40. The Labute approximate surface area is 307 Å². The maximum absolute atomic E-state index is 16.5. The van der Waals surface area contributed by atoms with E-state index in [2.05, 4.69) is 20.3 Å². The van der Waals surface area contributed by atoms with Crippen LogP contribution in [0, 0.1) is 5.82 Å². The quantitative estimate of drug-likeness (QED) is 0.0857. The maximum atomic E-state index is 16.5. The molecule has 1 atom stereocenters. The van der Waals surface area contributed by atoms with Gasteiger partial charge in [0.05, 0.1) is 17.5 Å². The zero-order valence-corrected chi connectivity index (χ0v) is 31.0. The van der Waals surface area contributed by atoms with E-state index in [9.17, 15) is 9.59 Å². The lowest BCUT2D eigenvalue weighted by Gasteiger charge is -2.40. The molecule has 0 saturated carbocycles. The molecule has 2 aromatic heterocycles. The SMILES string of the molecule is CSc1nc(OCc2ccccc2)c2cnc(-c3cccc4cccc(CCCOC(=O)N[C@]5(C)CCCN(C(=O)OC(C)(C)C)C5)c34)c(F)c2n1. The molecule has 1 aliphatic heterocycles. The van der Waals surface area contributed by atoms with Crippen LogP contribution in [0.25, 0.3) is 32.9 Å². The highest BCUT2D eigenvalue weighted by atomic mass is 32.2. The van der Waals surface area contributed by atoms with Gasteiger partial charge < -0.3 is 24.4 Å². The number of likely N-dealkylation sites (tertiary alicyclic amines) is 1. The van der Waals surface area contributed by atoms with Crippen molar-refractivity contribution in [3.8, 4) is 17.1 Å². The van der Waals surface area contributed by atoms with Gasteiger partial charge in [-0.15, -0.1) is 0 Å². The largest absolute Gasteiger partial charge is 0.472 e. The van der Waals surface area contributed by atoms with Crippen molar-refractivity contribution in [2.24, 2.45) is 0 Å². The molecule has 6 rings (SSSR count). The molecule has 3 aromatic carbocycles. The first kappa shape index (κ1) is 36.8. The Hall–Kier alpha value is -4.97. The number of alkyl carbamates (subject to hydrolysis) is 1. The fourth-order valence-electron chi connectivity index (χ4n) is 6.48. The van der Waals surface area contributed by atoms with E-state index in [1.165, 1.54) is 11.8 Å². The number of ether oxygens (including phenoxy) is 3. The smallest absolute Gasteiger partial charge is 0.410 e. The fourth-order valence-corrected chi connectivity index (χ4v) is 6.84. The van der Waals surface area contributed by atoms with Crippen molar-refractivity contribution in [1.29, 1.82) is 0 Å². The van der Waals surface area contributed by atoms with Crippen molar-refractivity contribution in [1.82, 2.24) is 25.2 Å². The molecule has 0 unspecified atom stereocenters. The summed E-state index contributed by atoms with van der Waals surface area (Å²) >= 11 is 1.31. The summed E-state index contributed by atoms with van der Waals surface area (Å²) in [5.41, 5.74) is 1.67. The molecule has 0 spiro atoms. The lowest BCUT2D eigenvalue weighted by atomic mass is 9.91. The molecule has 5 aromatic rings. The minimum atomic E-state index is -0.635. The molecule has 2 amide bonds. The molecule has 0 aliphatic carbocycles. The zero-order chi connectivity index (χ0) is 36.9. The Balaban J connectivity index is 1.16. The van der Waals surface area contributed by atoms with E-state index in [1.807, 2.05) is 101 Å². The average Bonchev–Trinajstić information content (AvgIpc) is 3.12. The molecule has 1 N–H and O–H groups in total. The first-order valence-corrected chi connectivity index (χ1v) is 18.7. The Morgan fingerprint density at radius 1 is 1.04 bits per heavy atom. The monoisotopic (exact) mass is 725 g/mol. The number of piperidine rings is 1. The van der Waals surface area contributed by atoms with E-state index in [0.717, 1.165) is 28.3 Å². The van der Waals surface area contributed by atoms with Crippen LogP contribution < -0.4 is 10.1 Å². The number of benzene rings is 3. The van der Waals surface area contributed by atoms with Gasteiger partial charge in [0.25, 0.3) is 0 Å². The van der Waals surface area contributed by atoms with E-state index < -0.39 is 29.1 Å². The number of rotatable bonds is 10. The van der Waals surface area contributed by atoms with Gasteiger partial charge in [-0.05, 0) is 81.5 Å². The Kier molecular flexibility index (Phi) is 11.1. The number of halogens is 1. The number of carbonyl (C=O) groups excluding carboxylic acids is 2. The molecule has 52 heavy (non-hydrogen) atoms. The first-order chi connectivity index (χ1) is 24.9. The summed E-state index contributed by atoms with van der Waals surface area (Å²) in [4.78, 5) is 40.8. The summed E-state index contributed by atoms with van der Waals surface area (Å²) in [6.07, 6.45) is 5.06. The van der Waals surface area contributed by atoms with Crippen LogP contribution in [0.1, 0.15) is 58.1 Å². The molecule has 0 bridgehead atoms. The molecule has 1 aliphatic rings. The lowest BCUT2D eigenvalue weighted by Crippen LogP contribution is -2.58. The summed E-state index contributed by atoms with van der Waals surface area (Å²) in [7, 11) is 0. The minimum Gasteiger partial charge on any atom is -0.472 e. The number of aromatic nitrogens is 3. The highest BCUT2D eigenvalue weighted by Crippen LogP contribution is 2.36. The van der Waals surface area contributed by atoms with Crippen LogP contribution in [0.15, 0.2) is 78.1 Å². The van der Waals surface area contributed by atoms with Crippen LogP contribution in [0.4, 0.5) is 14.0 Å². The van der Waals surface area contributed by atoms with Crippen molar-refractivity contribution in [3.63, 3.8) is 0 Å². The number of carbonyl (C=O) groups is 2. The molecule has 12 heteroatoms. The topological polar surface area (TPSA) is 116 Å². The van der Waals surface area contributed by atoms with Gasteiger partial charge in [0.2, 0.25) is 5.88 Å². The fraction of sp³-hybridized carbons (Fsp3) is 0.375. The second-order valence-electron chi connectivity index (χ2n) is 14.2. The van der Waals surface area contributed by atoms with Gasteiger partial charge in [-0.1, -0.05) is 78.5 Å². The molecule has 1 saturated heterocycles. The van der Waals surface area contributed by atoms with E-state index in [1.54, 1.807) is 11.1 Å². The van der Waals surface area contributed by atoms with Crippen molar-refractivity contribution < 1.29 is 28.2 Å². The van der Waals surface area contributed by atoms with E-state index in [4.69, 9.17) is 14.2 Å². The number of fused-ring (bicyclic) bond motifs is 2. The van der Waals surface area contributed by atoms with Crippen LogP contribution >= 0.6 is 11.8 Å². The van der Waals surface area contributed by atoms with Gasteiger partial charge >= 0.3 is 12.2 Å². The second kappa shape index (κ2) is 15.7. The zero-order valence-electron chi connectivity index (χ0n) is 30.2. The van der Waals surface area contributed by atoms with E-state index in [0.29, 0.717) is 48.5 Å². The maximum Gasteiger partial charge on any atom is 0.410 e. The predicted molar refractivity (Wildman–Crippen MR) is 201 cm³/mol. The van der Waals surface area contributed by atoms with E-state index >= 15 is 4.39 Å². The third-order valence-electron chi connectivity index (χ3n) is 8.85. The number of thioether (sulfide) groups is 1. The molecular weight excluding hydrogens is 682 g/mol. The van der Waals surface area contributed by atoms with Crippen molar-refractivity contribution in [2.45, 2.75) is 76.3 Å². The van der Waals surface area contributed by atoms with Crippen LogP contribution in [0.2, 0.25) is 0 Å². The third kappa shape index (κ3) is 8.72. The van der Waals surface area contributed by atoms with Gasteiger partial charge in [0.1, 0.15) is 23.4 Å². The molecule has 1 fully saturated rings. The van der Waals surface area contributed by atoms with Crippen LogP contribution in [-0.4, -0.2) is 69.1 Å². The Bertz CT molecular complexity index is 2070. The summed E-state index contributed by atoms with van der Waals surface area (Å²) in [5.74, 6) is -0.278. The second-order valence-corrected chi connectivity index (χ2v) is 15.0. The number of amides is 2. The number of hydrogen-bond donors (Lipinski definition) is 1. The van der Waals surface area contributed by atoms with Crippen molar-refractivity contribution >= 4 is 45.6 Å². The van der Waals surface area contributed by atoms with E-state index in [-0.39, 0.29) is 30.3 Å². The van der Waals surface area contributed by atoms with Gasteiger partial charge in [-0.2, -0.15) is 4.98 Å². The van der Waals surface area contributed by atoms with Crippen LogP contribution in [0.3, 0.4) is 0 Å². The molecule has 10 nitrogen and oxygen atoms in total. The molecular formula is C40H44FN5O5S. The Morgan fingerprint density at radius 3 is 2.56 bits per heavy atom. The van der Waals surface area contributed by atoms with Gasteiger partial charge in [0.15, 0.2) is 11.0 Å². The summed E-state index contributed by atoms with van der Waals surface area (Å²) < 4.78 is 33.7. The normalized spacial score (nSPS) is 16.2. The number of pyridine rings is 1. The average molecular weight is 726 g/mol. The van der Waals surface area contributed by atoms with Gasteiger partial charge in [-0.25, -0.2) is 19.0 Å². The first-order valence-electron chi connectivity index (χ1n) is 17.4. The summed E-state index contributed by atoms with van der Waals surface area (Å²) in [6.45, 7) is 8.76. The number of nitrogens with zero attached hydrogens (tertiary/aromatic N) is 4.